The Morgan fingerprint density at radius 2 is 1.71 bits per heavy atom. The van der Waals surface area contributed by atoms with Crippen LogP contribution in [0, 0.1) is 4.91 Å². The molecule has 0 aliphatic carbocycles. The van der Waals surface area contributed by atoms with Crippen LogP contribution >= 0.6 is 23.2 Å². The van der Waals surface area contributed by atoms with Crippen molar-refractivity contribution in [3.8, 4) is 11.5 Å². The van der Waals surface area contributed by atoms with E-state index in [1.165, 1.54) is 0 Å². The second-order valence-corrected chi connectivity index (χ2v) is 4.11. The lowest BCUT2D eigenvalue weighted by Crippen LogP contribution is -1.84. The minimum absolute atomic E-state index is 0.347. The lowest BCUT2D eigenvalue weighted by molar-refractivity contribution is 0.483. The minimum atomic E-state index is 0.347. The smallest absolute Gasteiger partial charge is 0.146 e. The van der Waals surface area contributed by atoms with Crippen molar-refractivity contribution in [2.45, 2.75) is 0 Å². The lowest BCUT2D eigenvalue weighted by Gasteiger charge is -2.07. The standard InChI is InChI=1S/C12H7Cl2NO2/c13-8-1-6-12(11(14)7-8)17-10-4-2-9(15-16)3-5-10/h1-7H. The summed E-state index contributed by atoms with van der Waals surface area (Å²) in [6, 6.07) is 11.4. The number of nitrogens with zero attached hydrogens (tertiary/aromatic N) is 1. The number of nitroso groups, excluding NO2 is 1. The van der Waals surface area contributed by atoms with Crippen LogP contribution < -0.4 is 4.74 Å². The van der Waals surface area contributed by atoms with Gasteiger partial charge in [-0.25, -0.2) is 0 Å². The Balaban J connectivity index is 2.22. The van der Waals surface area contributed by atoms with Gasteiger partial charge in [0.1, 0.15) is 17.2 Å². The highest BCUT2D eigenvalue weighted by Gasteiger charge is 2.04. The number of rotatable bonds is 3. The zero-order chi connectivity index (χ0) is 12.3. The molecule has 5 heteroatoms. The van der Waals surface area contributed by atoms with Gasteiger partial charge in [0, 0.05) is 5.02 Å². The predicted molar refractivity (Wildman–Crippen MR) is 68.4 cm³/mol. The molecule has 0 saturated heterocycles. The van der Waals surface area contributed by atoms with Gasteiger partial charge in [-0.3, -0.25) is 0 Å². The minimum Gasteiger partial charge on any atom is -0.456 e. The summed E-state index contributed by atoms with van der Waals surface area (Å²) < 4.78 is 5.53. The van der Waals surface area contributed by atoms with Crippen molar-refractivity contribution < 1.29 is 4.74 Å². The largest absolute Gasteiger partial charge is 0.456 e. The first-order valence-electron chi connectivity index (χ1n) is 4.75. The van der Waals surface area contributed by atoms with Crippen LogP contribution in [0.1, 0.15) is 0 Å². The molecule has 2 rings (SSSR count). The van der Waals surface area contributed by atoms with E-state index < -0.39 is 0 Å². The fraction of sp³-hybridized carbons (Fsp3) is 0. The van der Waals surface area contributed by atoms with Crippen LogP contribution in [0.25, 0.3) is 0 Å². The molecule has 0 spiro atoms. The highest BCUT2D eigenvalue weighted by Crippen LogP contribution is 2.32. The summed E-state index contributed by atoms with van der Waals surface area (Å²) in [6.07, 6.45) is 0. The Labute approximate surface area is 108 Å². The van der Waals surface area contributed by atoms with Gasteiger partial charge in [0.05, 0.1) is 5.02 Å². The van der Waals surface area contributed by atoms with E-state index >= 15 is 0 Å². The highest BCUT2D eigenvalue weighted by atomic mass is 35.5. The summed E-state index contributed by atoms with van der Waals surface area (Å²) in [5.41, 5.74) is 0.347. The van der Waals surface area contributed by atoms with E-state index in [2.05, 4.69) is 5.18 Å². The summed E-state index contributed by atoms with van der Waals surface area (Å²) in [4.78, 5) is 10.2. The van der Waals surface area contributed by atoms with Crippen molar-refractivity contribution >= 4 is 28.9 Å². The van der Waals surface area contributed by atoms with Gasteiger partial charge in [-0.1, -0.05) is 23.2 Å². The zero-order valence-corrected chi connectivity index (χ0v) is 10.1. The molecule has 2 aromatic rings. The van der Waals surface area contributed by atoms with Crippen LogP contribution in [0.15, 0.2) is 47.6 Å². The van der Waals surface area contributed by atoms with E-state index in [1.807, 2.05) is 0 Å². The zero-order valence-electron chi connectivity index (χ0n) is 8.56. The number of ether oxygens (including phenoxy) is 1. The van der Waals surface area contributed by atoms with Crippen molar-refractivity contribution in [3.63, 3.8) is 0 Å². The van der Waals surface area contributed by atoms with E-state index in [4.69, 9.17) is 27.9 Å². The van der Waals surface area contributed by atoms with Gasteiger partial charge < -0.3 is 4.74 Å². The molecule has 0 bridgehead atoms. The summed E-state index contributed by atoms with van der Waals surface area (Å²) >= 11 is 11.7. The third-order valence-electron chi connectivity index (χ3n) is 2.06. The van der Waals surface area contributed by atoms with Crippen LogP contribution in [0.2, 0.25) is 10.0 Å². The van der Waals surface area contributed by atoms with Crippen LogP contribution in [0.5, 0.6) is 11.5 Å². The van der Waals surface area contributed by atoms with Crippen LogP contribution in [-0.2, 0) is 0 Å². The molecule has 0 heterocycles. The van der Waals surface area contributed by atoms with Gasteiger partial charge in [0.25, 0.3) is 0 Å². The first kappa shape index (κ1) is 11.9. The molecular formula is C12H7Cl2NO2. The predicted octanol–water partition coefficient (Wildman–Crippen LogP) is 5.18. The highest BCUT2D eigenvalue weighted by molar-refractivity contribution is 6.35. The quantitative estimate of drug-likeness (QED) is 0.719. The van der Waals surface area contributed by atoms with Crippen molar-refractivity contribution in [1.82, 2.24) is 0 Å². The molecule has 17 heavy (non-hydrogen) atoms. The number of benzene rings is 2. The summed E-state index contributed by atoms with van der Waals surface area (Å²) in [6.45, 7) is 0. The van der Waals surface area contributed by atoms with E-state index in [0.717, 1.165) is 0 Å². The van der Waals surface area contributed by atoms with Crippen molar-refractivity contribution in [2.75, 3.05) is 0 Å². The monoisotopic (exact) mass is 267 g/mol. The van der Waals surface area contributed by atoms with Gasteiger partial charge in [0.15, 0.2) is 0 Å². The third kappa shape index (κ3) is 2.96. The van der Waals surface area contributed by atoms with Crippen LogP contribution in [0.3, 0.4) is 0 Å². The molecular weight excluding hydrogens is 261 g/mol. The van der Waals surface area contributed by atoms with Gasteiger partial charge in [-0.05, 0) is 47.6 Å². The molecule has 0 amide bonds. The molecule has 0 aliphatic heterocycles. The fourth-order valence-corrected chi connectivity index (χ4v) is 1.71. The Morgan fingerprint density at radius 1 is 1.00 bits per heavy atom. The molecule has 0 aromatic heterocycles. The number of hydrogen-bond acceptors (Lipinski definition) is 3. The topological polar surface area (TPSA) is 38.7 Å². The van der Waals surface area contributed by atoms with E-state index in [1.54, 1.807) is 42.5 Å². The average Bonchev–Trinajstić information content (AvgIpc) is 2.34. The molecule has 0 fully saturated rings. The van der Waals surface area contributed by atoms with Crippen molar-refractivity contribution in [1.29, 1.82) is 0 Å². The third-order valence-corrected chi connectivity index (χ3v) is 2.59. The molecule has 86 valence electrons. The maximum absolute atomic E-state index is 10.2. The molecule has 0 atom stereocenters. The van der Waals surface area contributed by atoms with Gasteiger partial charge in [-0.2, -0.15) is 0 Å². The molecule has 0 unspecified atom stereocenters. The lowest BCUT2D eigenvalue weighted by atomic mass is 10.3. The Bertz CT molecular complexity index is 541. The maximum atomic E-state index is 10.2. The fourth-order valence-electron chi connectivity index (χ4n) is 1.26. The Morgan fingerprint density at radius 3 is 2.29 bits per heavy atom. The Hall–Kier alpha value is -1.58. The molecule has 0 radical (unpaired) electrons. The van der Waals surface area contributed by atoms with Crippen molar-refractivity contribution in [2.24, 2.45) is 5.18 Å². The van der Waals surface area contributed by atoms with E-state index in [9.17, 15) is 4.91 Å². The van der Waals surface area contributed by atoms with Gasteiger partial charge >= 0.3 is 0 Å². The molecule has 3 nitrogen and oxygen atoms in total. The first-order chi connectivity index (χ1) is 8.19. The summed E-state index contributed by atoms with van der Waals surface area (Å²) in [7, 11) is 0. The SMILES string of the molecule is O=Nc1ccc(Oc2ccc(Cl)cc2Cl)cc1. The summed E-state index contributed by atoms with van der Waals surface area (Å²) in [5.74, 6) is 1.07. The maximum Gasteiger partial charge on any atom is 0.146 e. The summed E-state index contributed by atoms with van der Waals surface area (Å²) in [5, 5.41) is 3.77. The normalized spacial score (nSPS) is 10.0. The second kappa shape index (κ2) is 5.17. The van der Waals surface area contributed by atoms with E-state index in [-0.39, 0.29) is 0 Å². The number of halogens is 2. The average molecular weight is 268 g/mol. The van der Waals surface area contributed by atoms with Crippen molar-refractivity contribution in [3.05, 3.63) is 57.4 Å². The van der Waals surface area contributed by atoms with E-state index in [0.29, 0.717) is 27.2 Å². The molecule has 0 saturated carbocycles. The number of hydrogen-bond donors (Lipinski definition) is 0. The van der Waals surface area contributed by atoms with Crippen LogP contribution in [-0.4, -0.2) is 0 Å². The van der Waals surface area contributed by atoms with Gasteiger partial charge in [-0.15, -0.1) is 4.91 Å². The molecule has 2 aromatic carbocycles. The van der Waals surface area contributed by atoms with Gasteiger partial charge in [0.2, 0.25) is 0 Å². The molecule has 0 aliphatic rings. The first-order valence-corrected chi connectivity index (χ1v) is 5.51. The molecule has 0 N–H and O–H groups in total. The van der Waals surface area contributed by atoms with Crippen LogP contribution in [0.4, 0.5) is 5.69 Å². The second-order valence-electron chi connectivity index (χ2n) is 3.26. The Kier molecular flexibility index (Phi) is 3.61.